The molecule has 5 heteroatoms. The van der Waals surface area contributed by atoms with Gasteiger partial charge in [-0.25, -0.2) is 4.39 Å². The molecule has 0 atom stereocenters. The molecule has 1 amide bonds. The molecule has 0 unspecified atom stereocenters. The second-order valence-electron chi connectivity index (χ2n) is 4.72. The zero-order chi connectivity index (χ0) is 15.0. The highest BCUT2D eigenvalue weighted by atomic mass is 19.1. The normalized spacial score (nSPS) is 10.8. The minimum Gasteiger partial charge on any atom is -0.366 e. The van der Waals surface area contributed by atoms with Crippen molar-refractivity contribution in [1.82, 2.24) is 9.97 Å². The lowest BCUT2D eigenvalue weighted by atomic mass is 9.97. The van der Waals surface area contributed by atoms with Gasteiger partial charge >= 0.3 is 0 Å². The number of benzene rings is 1. The van der Waals surface area contributed by atoms with E-state index in [9.17, 15) is 9.18 Å². The molecule has 2 aromatic heterocycles. The third-order valence-electron chi connectivity index (χ3n) is 3.35. The number of primary amides is 1. The average molecular weight is 281 g/mol. The molecule has 0 aliphatic rings. The van der Waals surface area contributed by atoms with Gasteiger partial charge in [-0.3, -0.25) is 14.8 Å². The highest BCUT2D eigenvalue weighted by molar-refractivity contribution is 6.01. The van der Waals surface area contributed by atoms with Gasteiger partial charge in [0.1, 0.15) is 11.3 Å². The summed E-state index contributed by atoms with van der Waals surface area (Å²) in [5.74, 6) is -1.01. The number of hydrogen-bond donors (Lipinski definition) is 1. The Hall–Kier alpha value is -2.82. The lowest BCUT2D eigenvalue weighted by molar-refractivity contribution is 0.100. The van der Waals surface area contributed by atoms with Crippen molar-refractivity contribution in [2.45, 2.75) is 6.92 Å². The molecule has 0 saturated heterocycles. The van der Waals surface area contributed by atoms with E-state index in [-0.39, 0.29) is 0 Å². The number of nitrogens with zero attached hydrogens (tertiary/aromatic N) is 2. The molecule has 2 N–H and O–H groups in total. The topological polar surface area (TPSA) is 68.9 Å². The van der Waals surface area contributed by atoms with Crippen molar-refractivity contribution in [3.63, 3.8) is 0 Å². The van der Waals surface area contributed by atoms with Crippen molar-refractivity contribution in [3.05, 3.63) is 59.8 Å². The van der Waals surface area contributed by atoms with Crippen LogP contribution in [-0.2, 0) is 0 Å². The van der Waals surface area contributed by atoms with Crippen molar-refractivity contribution < 1.29 is 9.18 Å². The molecule has 0 aliphatic carbocycles. The summed E-state index contributed by atoms with van der Waals surface area (Å²) in [7, 11) is 0. The van der Waals surface area contributed by atoms with Crippen molar-refractivity contribution >= 4 is 16.8 Å². The summed E-state index contributed by atoms with van der Waals surface area (Å²) in [5.41, 5.74) is 7.75. The second-order valence-corrected chi connectivity index (χ2v) is 4.72. The fraction of sp³-hybridized carbons (Fsp3) is 0.0625. The summed E-state index contributed by atoms with van der Waals surface area (Å²) >= 11 is 0. The lowest BCUT2D eigenvalue weighted by Gasteiger charge is -2.11. The average Bonchev–Trinajstić information content (AvgIpc) is 2.46. The number of fused-ring (bicyclic) bond motifs is 1. The number of carbonyl (C=O) groups is 1. The van der Waals surface area contributed by atoms with Gasteiger partial charge in [0.15, 0.2) is 0 Å². The molecule has 0 saturated carbocycles. The number of aryl methyl sites for hydroxylation is 1. The Morgan fingerprint density at radius 3 is 2.76 bits per heavy atom. The van der Waals surface area contributed by atoms with Gasteiger partial charge in [-0.15, -0.1) is 0 Å². The Labute approximate surface area is 120 Å². The number of rotatable bonds is 2. The minimum atomic E-state index is -0.567. The van der Waals surface area contributed by atoms with Crippen LogP contribution in [0, 0.1) is 12.7 Å². The van der Waals surface area contributed by atoms with Gasteiger partial charge in [-0.1, -0.05) is 6.07 Å². The molecule has 3 aromatic rings. The van der Waals surface area contributed by atoms with Gasteiger partial charge in [0.25, 0.3) is 0 Å². The fourth-order valence-electron chi connectivity index (χ4n) is 2.43. The zero-order valence-electron chi connectivity index (χ0n) is 11.3. The quantitative estimate of drug-likeness (QED) is 0.785. The molecular formula is C16H12FN3O. The van der Waals surface area contributed by atoms with Crippen molar-refractivity contribution in [2.75, 3.05) is 0 Å². The SMILES string of the molecule is Cc1nccc(C(N)=O)c1-c1cc(F)c2ncccc2c1. The number of aromatic nitrogens is 2. The van der Waals surface area contributed by atoms with E-state index in [4.69, 9.17) is 5.73 Å². The number of nitrogens with two attached hydrogens (primary N) is 1. The molecule has 0 aliphatic heterocycles. The molecule has 3 rings (SSSR count). The summed E-state index contributed by atoms with van der Waals surface area (Å²) in [6.45, 7) is 1.76. The maximum atomic E-state index is 14.2. The van der Waals surface area contributed by atoms with E-state index < -0.39 is 11.7 Å². The van der Waals surface area contributed by atoms with Crippen LogP contribution in [0.5, 0.6) is 0 Å². The number of amides is 1. The Kier molecular flexibility index (Phi) is 3.10. The van der Waals surface area contributed by atoms with E-state index in [1.54, 1.807) is 25.1 Å². The maximum absolute atomic E-state index is 14.2. The van der Waals surface area contributed by atoms with Gasteiger partial charge in [-0.2, -0.15) is 0 Å². The van der Waals surface area contributed by atoms with Crippen molar-refractivity contribution in [1.29, 1.82) is 0 Å². The fourth-order valence-corrected chi connectivity index (χ4v) is 2.43. The number of halogens is 1. The van der Waals surface area contributed by atoms with Crippen LogP contribution in [0.3, 0.4) is 0 Å². The van der Waals surface area contributed by atoms with Crippen LogP contribution in [0.1, 0.15) is 16.1 Å². The van der Waals surface area contributed by atoms with Crippen LogP contribution in [-0.4, -0.2) is 15.9 Å². The molecule has 2 heterocycles. The van der Waals surface area contributed by atoms with E-state index in [0.717, 1.165) is 0 Å². The standard InChI is InChI=1S/C16H12FN3O/c1-9-14(12(16(18)21)4-6-19-9)11-7-10-3-2-5-20-15(10)13(17)8-11/h2-8H,1H3,(H2,18,21). The highest BCUT2D eigenvalue weighted by Gasteiger charge is 2.15. The molecule has 4 nitrogen and oxygen atoms in total. The lowest BCUT2D eigenvalue weighted by Crippen LogP contribution is -2.13. The molecule has 0 fully saturated rings. The van der Waals surface area contributed by atoms with E-state index in [1.165, 1.54) is 24.5 Å². The molecule has 0 spiro atoms. The van der Waals surface area contributed by atoms with Crippen LogP contribution in [0.2, 0.25) is 0 Å². The first-order valence-electron chi connectivity index (χ1n) is 6.38. The largest absolute Gasteiger partial charge is 0.366 e. The summed E-state index contributed by atoms with van der Waals surface area (Å²) < 4.78 is 14.2. The van der Waals surface area contributed by atoms with Gasteiger partial charge in [0.2, 0.25) is 5.91 Å². The molecule has 0 radical (unpaired) electrons. The predicted octanol–water partition coefficient (Wildman–Crippen LogP) is 2.84. The maximum Gasteiger partial charge on any atom is 0.249 e. The number of hydrogen-bond acceptors (Lipinski definition) is 3. The van der Waals surface area contributed by atoms with Crippen LogP contribution in [0.25, 0.3) is 22.0 Å². The van der Waals surface area contributed by atoms with Crippen LogP contribution in [0.15, 0.2) is 42.7 Å². The first-order valence-corrected chi connectivity index (χ1v) is 6.38. The Morgan fingerprint density at radius 1 is 1.19 bits per heavy atom. The predicted molar refractivity (Wildman–Crippen MR) is 78.2 cm³/mol. The van der Waals surface area contributed by atoms with Crippen molar-refractivity contribution in [2.24, 2.45) is 5.73 Å². The van der Waals surface area contributed by atoms with Gasteiger partial charge in [0.05, 0.1) is 5.56 Å². The van der Waals surface area contributed by atoms with E-state index >= 15 is 0 Å². The second kappa shape index (κ2) is 4.94. The summed E-state index contributed by atoms with van der Waals surface area (Å²) in [5, 5.41) is 0.658. The molecule has 21 heavy (non-hydrogen) atoms. The molecule has 1 aromatic carbocycles. The Morgan fingerprint density at radius 2 is 2.00 bits per heavy atom. The summed E-state index contributed by atoms with van der Waals surface area (Å²) in [6.07, 6.45) is 3.05. The van der Waals surface area contributed by atoms with Crippen molar-refractivity contribution in [3.8, 4) is 11.1 Å². The Balaban J connectivity index is 2.33. The number of carbonyl (C=O) groups excluding carboxylic acids is 1. The van der Waals surface area contributed by atoms with Gasteiger partial charge < -0.3 is 5.73 Å². The van der Waals surface area contributed by atoms with Crippen LogP contribution in [0.4, 0.5) is 4.39 Å². The summed E-state index contributed by atoms with van der Waals surface area (Å²) in [6, 6.07) is 8.17. The summed E-state index contributed by atoms with van der Waals surface area (Å²) in [4.78, 5) is 19.8. The molecule has 104 valence electrons. The van der Waals surface area contributed by atoms with Gasteiger partial charge in [-0.05, 0) is 36.8 Å². The van der Waals surface area contributed by atoms with Gasteiger partial charge in [0, 0.05) is 29.0 Å². The van der Waals surface area contributed by atoms with Crippen LogP contribution < -0.4 is 5.73 Å². The number of pyridine rings is 2. The minimum absolute atomic E-state index is 0.295. The van der Waals surface area contributed by atoms with E-state index in [0.29, 0.717) is 33.3 Å². The van der Waals surface area contributed by atoms with Crippen LogP contribution >= 0.6 is 0 Å². The molecule has 0 bridgehead atoms. The zero-order valence-corrected chi connectivity index (χ0v) is 11.3. The highest BCUT2D eigenvalue weighted by Crippen LogP contribution is 2.30. The Bertz CT molecular complexity index is 861. The smallest absolute Gasteiger partial charge is 0.249 e. The van der Waals surface area contributed by atoms with E-state index in [1.807, 2.05) is 0 Å². The third-order valence-corrected chi connectivity index (χ3v) is 3.35. The first kappa shape index (κ1) is 13.2. The molecular weight excluding hydrogens is 269 g/mol. The monoisotopic (exact) mass is 281 g/mol. The third kappa shape index (κ3) is 2.23. The van der Waals surface area contributed by atoms with E-state index in [2.05, 4.69) is 9.97 Å². The first-order chi connectivity index (χ1) is 10.1.